The van der Waals surface area contributed by atoms with Gasteiger partial charge in [-0.15, -0.1) is 0 Å². The Bertz CT molecular complexity index is 1220. The first-order valence-electron chi connectivity index (χ1n) is 12.7. The highest BCUT2D eigenvalue weighted by atomic mass is 16.5. The molecule has 2 fully saturated rings. The van der Waals surface area contributed by atoms with Gasteiger partial charge in [0.05, 0.1) is 26.2 Å². The average Bonchev–Trinajstić information content (AvgIpc) is 3.40. The Morgan fingerprint density at radius 2 is 1.86 bits per heavy atom. The van der Waals surface area contributed by atoms with Crippen LogP contribution in [0.3, 0.4) is 0 Å². The number of amides is 3. The molecule has 0 radical (unpaired) electrons. The third-order valence-corrected chi connectivity index (χ3v) is 8.36. The van der Waals surface area contributed by atoms with Gasteiger partial charge in [-0.25, -0.2) is 0 Å². The summed E-state index contributed by atoms with van der Waals surface area (Å²) in [6, 6.07) is 12.3. The Labute approximate surface area is 210 Å². The summed E-state index contributed by atoms with van der Waals surface area (Å²) < 4.78 is 11.6. The Balaban J connectivity index is 1.14. The molecular formula is C28H31N3O5. The highest BCUT2D eigenvalue weighted by Gasteiger charge is 2.46. The fourth-order valence-electron chi connectivity index (χ4n) is 6.16. The number of ether oxygens (including phenoxy) is 2. The van der Waals surface area contributed by atoms with E-state index in [-0.39, 0.29) is 29.1 Å². The predicted molar refractivity (Wildman–Crippen MR) is 132 cm³/mol. The van der Waals surface area contributed by atoms with Crippen molar-refractivity contribution in [1.82, 2.24) is 15.1 Å². The van der Waals surface area contributed by atoms with Crippen LogP contribution in [0.4, 0.5) is 0 Å². The largest absolute Gasteiger partial charge is 0.497 e. The van der Waals surface area contributed by atoms with Crippen molar-refractivity contribution in [3.05, 3.63) is 58.7 Å². The number of benzene rings is 2. The van der Waals surface area contributed by atoms with Gasteiger partial charge in [0.2, 0.25) is 11.8 Å². The van der Waals surface area contributed by atoms with Crippen LogP contribution in [0.2, 0.25) is 0 Å². The van der Waals surface area contributed by atoms with Crippen molar-refractivity contribution in [2.75, 3.05) is 33.4 Å². The molecule has 0 bridgehead atoms. The molecule has 36 heavy (non-hydrogen) atoms. The Kier molecular flexibility index (Phi) is 5.71. The Morgan fingerprint density at radius 1 is 1.08 bits per heavy atom. The van der Waals surface area contributed by atoms with Crippen molar-refractivity contribution in [3.8, 4) is 11.5 Å². The van der Waals surface area contributed by atoms with E-state index in [4.69, 9.17) is 9.47 Å². The topological polar surface area (TPSA) is 88.2 Å². The van der Waals surface area contributed by atoms with Gasteiger partial charge in [-0.2, -0.15) is 0 Å². The summed E-state index contributed by atoms with van der Waals surface area (Å²) in [5.41, 5.74) is 4.11. The highest BCUT2D eigenvalue weighted by molar-refractivity contribution is 6.01. The first kappa shape index (κ1) is 23.0. The van der Waals surface area contributed by atoms with E-state index in [0.717, 1.165) is 49.5 Å². The first-order valence-corrected chi connectivity index (χ1v) is 12.7. The molecule has 4 aliphatic heterocycles. The molecule has 188 valence electrons. The van der Waals surface area contributed by atoms with E-state index in [9.17, 15) is 14.4 Å². The molecule has 1 spiro atoms. The maximum atomic E-state index is 13.1. The van der Waals surface area contributed by atoms with E-state index in [0.29, 0.717) is 38.1 Å². The smallest absolute Gasteiger partial charge is 0.254 e. The lowest BCUT2D eigenvalue weighted by molar-refractivity contribution is -0.136. The van der Waals surface area contributed by atoms with Crippen LogP contribution in [0.15, 0.2) is 36.4 Å². The molecule has 4 aliphatic rings. The summed E-state index contributed by atoms with van der Waals surface area (Å²) in [4.78, 5) is 41.0. The number of piperidine rings is 2. The van der Waals surface area contributed by atoms with Gasteiger partial charge in [-0.05, 0) is 56.1 Å². The minimum Gasteiger partial charge on any atom is -0.497 e. The highest BCUT2D eigenvalue weighted by Crippen LogP contribution is 2.49. The van der Waals surface area contributed by atoms with Crippen LogP contribution in [0, 0.1) is 5.92 Å². The normalized spacial score (nSPS) is 22.9. The van der Waals surface area contributed by atoms with Crippen molar-refractivity contribution in [3.63, 3.8) is 0 Å². The summed E-state index contributed by atoms with van der Waals surface area (Å²) in [5, 5.41) is 2.39. The summed E-state index contributed by atoms with van der Waals surface area (Å²) in [6.07, 6.45) is 2.84. The molecule has 3 amide bonds. The number of nitrogens with zero attached hydrogens (tertiary/aromatic N) is 2. The molecular weight excluding hydrogens is 458 g/mol. The molecule has 1 atom stereocenters. The van der Waals surface area contributed by atoms with E-state index in [1.807, 2.05) is 18.2 Å². The van der Waals surface area contributed by atoms with Gasteiger partial charge in [-0.3, -0.25) is 24.6 Å². The predicted octanol–water partition coefficient (Wildman–Crippen LogP) is 2.63. The van der Waals surface area contributed by atoms with Gasteiger partial charge in [-0.1, -0.05) is 18.2 Å². The fraction of sp³-hybridized carbons (Fsp3) is 0.464. The lowest BCUT2D eigenvalue weighted by atomic mass is 9.74. The number of hydrogen-bond acceptors (Lipinski definition) is 6. The number of rotatable bonds is 5. The molecule has 4 heterocycles. The number of methoxy groups -OCH3 is 1. The van der Waals surface area contributed by atoms with Crippen molar-refractivity contribution in [2.24, 2.45) is 5.92 Å². The number of imide groups is 1. The van der Waals surface area contributed by atoms with Gasteiger partial charge in [0, 0.05) is 41.6 Å². The number of hydrogen-bond donors (Lipinski definition) is 1. The molecule has 6 rings (SSSR count). The zero-order chi connectivity index (χ0) is 24.9. The molecule has 2 saturated heterocycles. The SMILES string of the molecule is COc1ccc(CN2CCC3(CC2)COc2c3ccc3c2CN(CC2CCC(=O)NC2=O)C3=O)cc1. The lowest BCUT2D eigenvalue weighted by Gasteiger charge is -2.38. The number of carbonyl (C=O) groups is 3. The van der Waals surface area contributed by atoms with Crippen molar-refractivity contribution >= 4 is 17.7 Å². The van der Waals surface area contributed by atoms with E-state index >= 15 is 0 Å². The van der Waals surface area contributed by atoms with Gasteiger partial charge in [0.25, 0.3) is 5.91 Å². The van der Waals surface area contributed by atoms with Crippen LogP contribution in [-0.4, -0.2) is 60.9 Å². The molecule has 2 aromatic rings. The third kappa shape index (κ3) is 3.93. The Hall–Kier alpha value is -3.39. The lowest BCUT2D eigenvalue weighted by Crippen LogP contribution is -2.45. The summed E-state index contributed by atoms with van der Waals surface area (Å²) in [7, 11) is 1.68. The maximum Gasteiger partial charge on any atom is 0.254 e. The van der Waals surface area contributed by atoms with Crippen molar-refractivity contribution in [2.45, 2.75) is 44.2 Å². The summed E-state index contributed by atoms with van der Waals surface area (Å²) in [6.45, 7) is 4.33. The average molecular weight is 490 g/mol. The van der Waals surface area contributed by atoms with Gasteiger partial charge >= 0.3 is 0 Å². The number of fused-ring (bicyclic) bond motifs is 4. The van der Waals surface area contributed by atoms with Crippen LogP contribution < -0.4 is 14.8 Å². The van der Waals surface area contributed by atoms with E-state index in [2.05, 4.69) is 28.4 Å². The molecule has 2 aromatic carbocycles. The number of nitrogens with one attached hydrogen (secondary N) is 1. The van der Waals surface area contributed by atoms with Crippen molar-refractivity contribution < 1.29 is 23.9 Å². The third-order valence-electron chi connectivity index (χ3n) is 8.36. The molecule has 0 saturated carbocycles. The number of likely N-dealkylation sites (tertiary alicyclic amines) is 1. The van der Waals surface area contributed by atoms with Crippen LogP contribution in [0.5, 0.6) is 11.5 Å². The van der Waals surface area contributed by atoms with E-state index in [1.165, 1.54) is 11.1 Å². The standard InChI is InChI=1S/C28H31N3O5/c1-35-20-5-2-18(3-6-20)14-30-12-10-28(11-13-30)17-36-25-22-16-31(27(34)21(22)7-8-23(25)28)15-19-4-9-24(32)29-26(19)33/h2-3,5-8,19H,4,9-17H2,1H3,(H,29,32,33). The molecule has 1 N–H and O–H groups in total. The van der Waals surface area contributed by atoms with Crippen LogP contribution in [0.25, 0.3) is 0 Å². The monoisotopic (exact) mass is 489 g/mol. The quantitative estimate of drug-likeness (QED) is 0.650. The van der Waals surface area contributed by atoms with Gasteiger partial charge in [0.15, 0.2) is 0 Å². The second-order valence-electron chi connectivity index (χ2n) is 10.5. The van der Waals surface area contributed by atoms with E-state index < -0.39 is 0 Å². The zero-order valence-electron chi connectivity index (χ0n) is 20.5. The maximum absolute atomic E-state index is 13.1. The van der Waals surface area contributed by atoms with E-state index in [1.54, 1.807) is 12.0 Å². The minimum atomic E-state index is -0.351. The first-order chi connectivity index (χ1) is 17.5. The van der Waals surface area contributed by atoms with Crippen molar-refractivity contribution in [1.29, 1.82) is 0 Å². The summed E-state index contributed by atoms with van der Waals surface area (Å²) in [5.74, 6) is 0.816. The molecule has 1 unspecified atom stereocenters. The fourth-order valence-corrected chi connectivity index (χ4v) is 6.16. The summed E-state index contributed by atoms with van der Waals surface area (Å²) >= 11 is 0. The van der Waals surface area contributed by atoms with Gasteiger partial charge < -0.3 is 14.4 Å². The van der Waals surface area contributed by atoms with Crippen LogP contribution in [0.1, 0.15) is 52.7 Å². The minimum absolute atomic E-state index is 0.0130. The van der Waals surface area contributed by atoms with Gasteiger partial charge in [0.1, 0.15) is 11.5 Å². The Morgan fingerprint density at radius 3 is 2.58 bits per heavy atom. The molecule has 8 heteroatoms. The zero-order valence-corrected chi connectivity index (χ0v) is 20.5. The molecule has 8 nitrogen and oxygen atoms in total. The van der Waals surface area contributed by atoms with Crippen LogP contribution in [-0.2, 0) is 28.1 Å². The molecule has 0 aliphatic carbocycles. The molecule has 0 aromatic heterocycles. The number of carbonyl (C=O) groups excluding carboxylic acids is 3. The second kappa shape index (κ2) is 8.92. The second-order valence-corrected chi connectivity index (χ2v) is 10.5. The van der Waals surface area contributed by atoms with Crippen LogP contribution >= 0.6 is 0 Å².